The first kappa shape index (κ1) is 14.0. The Balaban J connectivity index is 1.46. The predicted molar refractivity (Wildman–Crippen MR) is 75.9 cm³/mol. The molecule has 0 unspecified atom stereocenters. The molecule has 1 aliphatic heterocycles. The van der Waals surface area contributed by atoms with Gasteiger partial charge in [0.1, 0.15) is 0 Å². The molecule has 1 saturated heterocycles. The van der Waals surface area contributed by atoms with E-state index in [9.17, 15) is 8.78 Å². The standard InChI is InChI=1S/C16H22F2N2/c17-16(18)13-3-1-2-12(10-13)11-19-14-6-8-20(9-7-14)15-4-5-15/h1-3,10,14-16,19H,4-9,11H2. The van der Waals surface area contributed by atoms with Gasteiger partial charge >= 0.3 is 0 Å². The first-order valence-electron chi connectivity index (χ1n) is 7.57. The molecule has 0 amide bonds. The molecule has 0 atom stereocenters. The van der Waals surface area contributed by atoms with E-state index >= 15 is 0 Å². The summed E-state index contributed by atoms with van der Waals surface area (Å²) in [5, 5.41) is 3.51. The predicted octanol–water partition coefficient (Wildman–Crippen LogP) is 3.34. The smallest absolute Gasteiger partial charge is 0.263 e. The number of benzene rings is 1. The van der Waals surface area contributed by atoms with Crippen molar-refractivity contribution in [3.05, 3.63) is 35.4 Å². The number of piperidine rings is 1. The summed E-state index contributed by atoms with van der Waals surface area (Å²) >= 11 is 0. The van der Waals surface area contributed by atoms with Gasteiger partial charge in [-0.1, -0.05) is 18.2 Å². The van der Waals surface area contributed by atoms with Crippen LogP contribution in [0.5, 0.6) is 0 Å². The zero-order valence-electron chi connectivity index (χ0n) is 11.7. The highest BCUT2D eigenvalue weighted by Gasteiger charge is 2.31. The fourth-order valence-electron chi connectivity index (χ4n) is 3.01. The second-order valence-electron chi connectivity index (χ2n) is 5.97. The van der Waals surface area contributed by atoms with Gasteiger partial charge in [0.05, 0.1) is 0 Å². The van der Waals surface area contributed by atoms with Crippen LogP contribution in [0.1, 0.15) is 43.2 Å². The van der Waals surface area contributed by atoms with E-state index in [0.29, 0.717) is 12.6 Å². The lowest BCUT2D eigenvalue weighted by atomic mass is 10.0. The molecule has 3 rings (SSSR count). The van der Waals surface area contributed by atoms with Crippen molar-refractivity contribution in [1.82, 2.24) is 10.2 Å². The van der Waals surface area contributed by atoms with E-state index in [4.69, 9.17) is 0 Å². The SMILES string of the molecule is FC(F)c1cccc(CNC2CCN(C3CC3)CC2)c1. The summed E-state index contributed by atoms with van der Waals surface area (Å²) in [6.07, 6.45) is 2.71. The maximum Gasteiger partial charge on any atom is 0.263 e. The van der Waals surface area contributed by atoms with Crippen molar-refractivity contribution in [1.29, 1.82) is 0 Å². The summed E-state index contributed by atoms with van der Waals surface area (Å²) in [5.41, 5.74) is 1.07. The second kappa shape index (κ2) is 6.19. The number of halogens is 2. The Labute approximate surface area is 119 Å². The second-order valence-corrected chi connectivity index (χ2v) is 5.97. The number of hydrogen-bond donors (Lipinski definition) is 1. The van der Waals surface area contributed by atoms with E-state index in [0.717, 1.165) is 11.6 Å². The molecule has 1 aliphatic carbocycles. The first-order valence-corrected chi connectivity index (χ1v) is 7.57. The lowest BCUT2D eigenvalue weighted by molar-refractivity contribution is 0.151. The third-order valence-corrected chi connectivity index (χ3v) is 4.39. The molecular weight excluding hydrogens is 258 g/mol. The average Bonchev–Trinajstić information content (AvgIpc) is 3.31. The van der Waals surface area contributed by atoms with Crippen LogP contribution < -0.4 is 5.32 Å². The number of alkyl halides is 2. The van der Waals surface area contributed by atoms with Crippen LogP contribution in [0.2, 0.25) is 0 Å². The molecule has 0 spiro atoms. The van der Waals surface area contributed by atoms with E-state index in [1.807, 2.05) is 6.07 Å². The third kappa shape index (κ3) is 3.55. The number of nitrogens with zero attached hydrogens (tertiary/aromatic N) is 1. The first-order chi connectivity index (χ1) is 9.72. The van der Waals surface area contributed by atoms with Crippen molar-refractivity contribution in [2.45, 2.75) is 50.7 Å². The molecule has 2 aliphatic rings. The topological polar surface area (TPSA) is 15.3 Å². The lowest BCUT2D eigenvalue weighted by Crippen LogP contribution is -2.43. The summed E-state index contributed by atoms with van der Waals surface area (Å²) in [4.78, 5) is 2.59. The van der Waals surface area contributed by atoms with Crippen LogP contribution in [0.3, 0.4) is 0 Å². The molecule has 0 bridgehead atoms. The molecule has 1 saturated carbocycles. The fraction of sp³-hybridized carbons (Fsp3) is 0.625. The van der Waals surface area contributed by atoms with Gasteiger partial charge < -0.3 is 10.2 Å². The van der Waals surface area contributed by atoms with E-state index in [-0.39, 0.29) is 5.56 Å². The molecule has 1 aromatic carbocycles. The Morgan fingerprint density at radius 2 is 1.90 bits per heavy atom. The van der Waals surface area contributed by atoms with Gasteiger partial charge in [-0.25, -0.2) is 8.78 Å². The summed E-state index contributed by atoms with van der Waals surface area (Å²) in [6, 6.07) is 8.12. The number of hydrogen-bond acceptors (Lipinski definition) is 2. The van der Waals surface area contributed by atoms with Gasteiger partial charge in [0, 0.05) is 24.2 Å². The Morgan fingerprint density at radius 3 is 2.55 bits per heavy atom. The Kier molecular flexibility index (Phi) is 4.32. The minimum Gasteiger partial charge on any atom is -0.310 e. The molecule has 2 fully saturated rings. The Bertz CT molecular complexity index is 438. The van der Waals surface area contributed by atoms with Crippen molar-refractivity contribution in [3.63, 3.8) is 0 Å². The van der Waals surface area contributed by atoms with Crippen molar-refractivity contribution in [2.75, 3.05) is 13.1 Å². The van der Waals surface area contributed by atoms with Crippen molar-refractivity contribution in [3.8, 4) is 0 Å². The fourth-order valence-corrected chi connectivity index (χ4v) is 3.01. The van der Waals surface area contributed by atoms with Crippen LogP contribution in [-0.4, -0.2) is 30.1 Å². The zero-order chi connectivity index (χ0) is 13.9. The largest absolute Gasteiger partial charge is 0.310 e. The minimum atomic E-state index is -2.38. The molecule has 1 aromatic rings. The van der Waals surface area contributed by atoms with Crippen LogP contribution in [-0.2, 0) is 6.54 Å². The van der Waals surface area contributed by atoms with Crippen LogP contribution >= 0.6 is 0 Å². The van der Waals surface area contributed by atoms with Gasteiger partial charge in [0.2, 0.25) is 0 Å². The summed E-state index contributed by atoms with van der Waals surface area (Å²) in [5.74, 6) is 0. The van der Waals surface area contributed by atoms with Crippen molar-refractivity contribution < 1.29 is 8.78 Å². The van der Waals surface area contributed by atoms with Gasteiger partial charge in [-0.2, -0.15) is 0 Å². The van der Waals surface area contributed by atoms with E-state index in [1.165, 1.54) is 44.8 Å². The normalized spacial score (nSPS) is 21.6. The lowest BCUT2D eigenvalue weighted by Gasteiger charge is -2.32. The van der Waals surface area contributed by atoms with Crippen LogP contribution in [0.25, 0.3) is 0 Å². The molecule has 0 aromatic heterocycles. The molecule has 4 heteroatoms. The summed E-state index contributed by atoms with van der Waals surface area (Å²) in [7, 11) is 0. The maximum atomic E-state index is 12.6. The van der Waals surface area contributed by atoms with Crippen LogP contribution in [0.4, 0.5) is 8.78 Å². The molecule has 1 N–H and O–H groups in total. The van der Waals surface area contributed by atoms with Gasteiger partial charge in [-0.3, -0.25) is 0 Å². The van der Waals surface area contributed by atoms with Gasteiger partial charge in [0.15, 0.2) is 0 Å². The van der Waals surface area contributed by atoms with Crippen molar-refractivity contribution >= 4 is 0 Å². The van der Waals surface area contributed by atoms with E-state index in [1.54, 1.807) is 12.1 Å². The average molecular weight is 280 g/mol. The monoisotopic (exact) mass is 280 g/mol. The summed E-state index contributed by atoms with van der Waals surface area (Å²) in [6.45, 7) is 3.05. The molecule has 1 heterocycles. The highest BCUT2D eigenvalue weighted by atomic mass is 19.3. The van der Waals surface area contributed by atoms with Gasteiger partial charge in [-0.05, 0) is 50.4 Å². The van der Waals surface area contributed by atoms with Gasteiger partial charge in [-0.15, -0.1) is 0 Å². The van der Waals surface area contributed by atoms with Gasteiger partial charge in [0.25, 0.3) is 6.43 Å². The number of nitrogens with one attached hydrogen (secondary N) is 1. The maximum absolute atomic E-state index is 12.6. The van der Waals surface area contributed by atoms with Crippen molar-refractivity contribution in [2.24, 2.45) is 0 Å². The molecule has 2 nitrogen and oxygen atoms in total. The quantitative estimate of drug-likeness (QED) is 0.890. The number of likely N-dealkylation sites (tertiary alicyclic amines) is 1. The highest BCUT2D eigenvalue weighted by Crippen LogP contribution is 2.29. The minimum absolute atomic E-state index is 0.118. The molecule has 0 radical (unpaired) electrons. The summed E-state index contributed by atoms with van der Waals surface area (Å²) < 4.78 is 25.3. The molecule has 110 valence electrons. The van der Waals surface area contributed by atoms with Crippen LogP contribution in [0, 0.1) is 0 Å². The molecule has 20 heavy (non-hydrogen) atoms. The zero-order valence-corrected chi connectivity index (χ0v) is 11.7. The van der Waals surface area contributed by atoms with Crippen LogP contribution in [0.15, 0.2) is 24.3 Å². The van der Waals surface area contributed by atoms with E-state index in [2.05, 4.69) is 10.2 Å². The highest BCUT2D eigenvalue weighted by molar-refractivity contribution is 5.24. The molecular formula is C16H22F2N2. The Hall–Kier alpha value is -1.00. The number of rotatable bonds is 5. The van der Waals surface area contributed by atoms with E-state index < -0.39 is 6.43 Å². The third-order valence-electron chi connectivity index (χ3n) is 4.39. The Morgan fingerprint density at radius 1 is 1.15 bits per heavy atom.